The molecular weight excluding hydrogens is 439 g/mol. The van der Waals surface area contributed by atoms with E-state index in [1.807, 2.05) is 0 Å². The highest BCUT2D eigenvalue weighted by Gasteiger charge is 2.38. The molecule has 1 aromatic rings. The van der Waals surface area contributed by atoms with Crippen LogP contribution >= 0.6 is 0 Å². The number of carbonyl (C=O) groups is 2. The molecule has 0 saturated carbocycles. The van der Waals surface area contributed by atoms with Crippen LogP contribution in [0.2, 0.25) is 0 Å². The van der Waals surface area contributed by atoms with Crippen molar-refractivity contribution >= 4 is 21.8 Å². The van der Waals surface area contributed by atoms with Crippen LogP contribution in [0, 0.1) is 5.92 Å². The van der Waals surface area contributed by atoms with Crippen LogP contribution < -0.4 is 15.4 Å². The fourth-order valence-corrected chi connectivity index (χ4v) is 4.59. The first-order valence-corrected chi connectivity index (χ1v) is 11.3. The molecule has 12 heteroatoms. The minimum Gasteiger partial charge on any atom is -0.379 e. The molecule has 0 aliphatic carbocycles. The first-order valence-electron chi connectivity index (χ1n) is 9.66. The Balaban J connectivity index is 1.92. The lowest BCUT2D eigenvalue weighted by atomic mass is 9.96. The average molecular weight is 465 g/mol. The summed E-state index contributed by atoms with van der Waals surface area (Å²) < 4.78 is 68.8. The number of hydrogen-bond donors (Lipinski definition) is 3. The first kappa shape index (κ1) is 25.1. The van der Waals surface area contributed by atoms with Crippen molar-refractivity contribution in [1.82, 2.24) is 15.4 Å². The van der Waals surface area contributed by atoms with Crippen molar-refractivity contribution in [3.63, 3.8) is 0 Å². The Morgan fingerprint density at radius 1 is 1.23 bits per heavy atom. The lowest BCUT2D eigenvalue weighted by Gasteiger charge is -2.27. The molecule has 0 aromatic heterocycles. The van der Waals surface area contributed by atoms with Gasteiger partial charge in [-0.3, -0.25) is 14.3 Å². The second-order valence-corrected chi connectivity index (χ2v) is 9.14. The highest BCUT2D eigenvalue weighted by molar-refractivity contribution is 7.89. The summed E-state index contributed by atoms with van der Waals surface area (Å²) in [5, 5.41) is 4.96. The maximum atomic E-state index is 12.5. The summed E-state index contributed by atoms with van der Waals surface area (Å²) in [6.45, 7) is 2.06. The Hall–Kier alpha value is -2.18. The van der Waals surface area contributed by atoms with Crippen LogP contribution in [0.15, 0.2) is 24.3 Å². The van der Waals surface area contributed by atoms with Gasteiger partial charge in [0.1, 0.15) is 0 Å². The number of carbonyl (C=O) groups excluding carboxylic acids is 2. The molecule has 3 atom stereocenters. The third-order valence-corrected chi connectivity index (χ3v) is 6.25. The van der Waals surface area contributed by atoms with Gasteiger partial charge in [-0.1, -0.05) is 31.2 Å². The average Bonchev–Trinajstić information content (AvgIpc) is 3.20. The molecule has 8 nitrogen and oxygen atoms in total. The first-order chi connectivity index (χ1) is 14.4. The van der Waals surface area contributed by atoms with E-state index in [2.05, 4.69) is 10.0 Å². The number of nitrogens with one attached hydrogen (secondary N) is 3. The summed E-state index contributed by atoms with van der Waals surface area (Å²) in [6.07, 6.45) is -3.66. The number of methoxy groups -OCH3 is 1. The highest BCUT2D eigenvalue weighted by Crippen LogP contribution is 2.19. The Morgan fingerprint density at radius 3 is 2.35 bits per heavy atom. The molecule has 1 saturated heterocycles. The van der Waals surface area contributed by atoms with E-state index in [0.717, 1.165) is 19.4 Å². The maximum absolute atomic E-state index is 12.5. The van der Waals surface area contributed by atoms with Gasteiger partial charge in [0, 0.05) is 19.7 Å². The van der Waals surface area contributed by atoms with E-state index in [1.54, 1.807) is 12.2 Å². The molecule has 1 heterocycles. The zero-order chi connectivity index (χ0) is 23.2. The fraction of sp³-hybridized carbons (Fsp3) is 0.579. The van der Waals surface area contributed by atoms with Gasteiger partial charge < -0.3 is 15.4 Å². The molecule has 3 N–H and O–H groups in total. The number of sulfonamides is 1. The van der Waals surface area contributed by atoms with Gasteiger partial charge in [0.05, 0.1) is 17.8 Å². The fourth-order valence-electron chi connectivity index (χ4n) is 3.40. The number of halogens is 3. The number of hydrogen-bond acceptors (Lipinski definition) is 6. The van der Waals surface area contributed by atoms with Gasteiger partial charge in [0.2, 0.25) is 15.9 Å². The number of amides is 2. The summed E-state index contributed by atoms with van der Waals surface area (Å²) in [4.78, 5) is 23.3. The molecule has 31 heavy (non-hydrogen) atoms. The molecule has 0 spiro atoms. The van der Waals surface area contributed by atoms with Gasteiger partial charge in [0.25, 0.3) is 0 Å². The van der Waals surface area contributed by atoms with E-state index in [-0.39, 0.29) is 12.6 Å². The molecule has 1 aliphatic heterocycles. The van der Waals surface area contributed by atoms with Crippen LogP contribution in [-0.4, -0.2) is 52.2 Å². The van der Waals surface area contributed by atoms with Crippen molar-refractivity contribution < 1.29 is 35.9 Å². The Morgan fingerprint density at radius 2 is 1.84 bits per heavy atom. The van der Waals surface area contributed by atoms with Gasteiger partial charge in [-0.15, -0.1) is 0 Å². The lowest BCUT2D eigenvalue weighted by Crippen LogP contribution is -2.47. The van der Waals surface area contributed by atoms with Crippen LogP contribution in [-0.2, 0) is 36.6 Å². The van der Waals surface area contributed by atoms with E-state index < -0.39 is 45.8 Å². The van der Waals surface area contributed by atoms with Crippen LogP contribution in [0.1, 0.15) is 30.9 Å². The highest BCUT2D eigenvalue weighted by atomic mass is 32.2. The Bertz CT molecular complexity index is 869. The largest absolute Gasteiger partial charge is 0.471 e. The standard InChI is InChI=1S/C19H26F3N3O5S/c1-12(16(30-2)15-4-3-9-23-15)17(26)25-31(28,29)11-14-7-5-13(6-8-14)10-24-18(27)19(20,21)22/h5-8,12,15-16,23H,3-4,9-11H2,1-2H3,(H,24,27)(H,25,26)/t12-,15+,16-/m1/s1. The molecule has 1 aliphatic rings. The molecule has 0 bridgehead atoms. The summed E-state index contributed by atoms with van der Waals surface area (Å²) in [5.41, 5.74) is 0.697. The van der Waals surface area contributed by atoms with E-state index in [4.69, 9.17) is 4.74 Å². The SMILES string of the molecule is CO[C@@H]([C@@H]1CCCN1)[C@@H](C)C(=O)NS(=O)(=O)Cc1ccc(CNC(=O)C(F)(F)F)cc1. The van der Waals surface area contributed by atoms with Crippen LogP contribution in [0.3, 0.4) is 0 Å². The zero-order valence-corrected chi connectivity index (χ0v) is 18.0. The summed E-state index contributed by atoms with van der Waals surface area (Å²) in [7, 11) is -2.52. The van der Waals surface area contributed by atoms with Gasteiger partial charge in [-0.25, -0.2) is 8.42 Å². The van der Waals surface area contributed by atoms with Gasteiger partial charge in [-0.2, -0.15) is 13.2 Å². The van der Waals surface area contributed by atoms with E-state index >= 15 is 0 Å². The van der Waals surface area contributed by atoms with Crippen molar-refractivity contribution in [2.45, 2.75) is 50.4 Å². The quantitative estimate of drug-likeness (QED) is 0.505. The Kier molecular flexibility index (Phi) is 8.43. The molecule has 2 amide bonds. The smallest absolute Gasteiger partial charge is 0.379 e. The molecule has 174 valence electrons. The number of benzene rings is 1. The van der Waals surface area contributed by atoms with Crippen molar-refractivity contribution in [2.24, 2.45) is 5.92 Å². The summed E-state index contributed by atoms with van der Waals surface area (Å²) >= 11 is 0. The van der Waals surface area contributed by atoms with Crippen molar-refractivity contribution in [3.05, 3.63) is 35.4 Å². The lowest BCUT2D eigenvalue weighted by molar-refractivity contribution is -0.173. The van der Waals surface area contributed by atoms with Crippen molar-refractivity contribution in [2.75, 3.05) is 13.7 Å². The predicted molar refractivity (Wildman–Crippen MR) is 106 cm³/mol. The zero-order valence-electron chi connectivity index (χ0n) is 17.2. The molecule has 0 radical (unpaired) electrons. The van der Waals surface area contributed by atoms with Crippen molar-refractivity contribution in [1.29, 1.82) is 0 Å². The maximum Gasteiger partial charge on any atom is 0.471 e. The second kappa shape index (κ2) is 10.4. The molecule has 1 fully saturated rings. The number of ether oxygens (including phenoxy) is 1. The molecule has 2 rings (SSSR count). The van der Waals surface area contributed by atoms with E-state index in [9.17, 15) is 31.2 Å². The minimum absolute atomic E-state index is 0.0289. The molecule has 1 aromatic carbocycles. The van der Waals surface area contributed by atoms with Crippen LogP contribution in [0.4, 0.5) is 13.2 Å². The third-order valence-electron chi connectivity index (χ3n) is 5.02. The number of rotatable bonds is 9. The van der Waals surface area contributed by atoms with E-state index in [1.165, 1.54) is 31.4 Å². The van der Waals surface area contributed by atoms with Gasteiger partial charge >= 0.3 is 12.1 Å². The summed E-state index contributed by atoms with van der Waals surface area (Å²) in [6, 6.07) is 5.58. The van der Waals surface area contributed by atoms with Gasteiger partial charge in [0.15, 0.2) is 0 Å². The van der Waals surface area contributed by atoms with Gasteiger partial charge in [-0.05, 0) is 30.5 Å². The molecular formula is C19H26F3N3O5S. The normalized spacial score (nSPS) is 18.9. The predicted octanol–water partition coefficient (Wildman–Crippen LogP) is 1.21. The van der Waals surface area contributed by atoms with Crippen LogP contribution in [0.5, 0.6) is 0 Å². The number of alkyl halides is 3. The molecule has 0 unspecified atom stereocenters. The minimum atomic E-state index is -4.97. The summed E-state index contributed by atoms with van der Waals surface area (Å²) in [5.74, 6) is -3.92. The topological polar surface area (TPSA) is 114 Å². The second-order valence-electron chi connectivity index (χ2n) is 7.41. The Labute approximate surface area is 179 Å². The van der Waals surface area contributed by atoms with Crippen LogP contribution in [0.25, 0.3) is 0 Å². The van der Waals surface area contributed by atoms with E-state index in [0.29, 0.717) is 11.1 Å². The van der Waals surface area contributed by atoms with Crippen molar-refractivity contribution in [3.8, 4) is 0 Å². The monoisotopic (exact) mass is 465 g/mol. The third kappa shape index (κ3) is 7.47.